The van der Waals surface area contributed by atoms with Crippen molar-refractivity contribution in [3.8, 4) is 33.5 Å². The van der Waals surface area contributed by atoms with Gasteiger partial charge in [0.2, 0.25) is 0 Å². The van der Waals surface area contributed by atoms with Gasteiger partial charge in [-0.2, -0.15) is 0 Å². The Balaban J connectivity index is 1.26. The first-order valence-corrected chi connectivity index (χ1v) is 18.9. The Labute approximate surface area is 294 Å². The second-order valence-electron chi connectivity index (χ2n) is 12.6. The zero-order chi connectivity index (χ0) is 32.1. The van der Waals surface area contributed by atoms with Gasteiger partial charge in [-0.25, -0.2) is 4.98 Å². The summed E-state index contributed by atoms with van der Waals surface area (Å²) in [5.41, 5.74) is 8.17. The molecule has 0 aliphatic rings. The highest BCUT2D eigenvalue weighted by molar-refractivity contribution is 7.27. The minimum absolute atomic E-state index is 1.03. The molecule has 1 nitrogen and oxygen atoms in total. The summed E-state index contributed by atoms with van der Waals surface area (Å²) in [6.07, 6.45) is 0. The quantitative estimate of drug-likeness (QED) is 0.182. The first kappa shape index (κ1) is 27.5. The Kier molecular flexibility index (Phi) is 5.93. The summed E-state index contributed by atoms with van der Waals surface area (Å²) in [5.74, 6) is 0. The molecule has 0 bridgehead atoms. The van der Waals surface area contributed by atoms with Gasteiger partial charge in [0.05, 0.1) is 15.9 Å². The summed E-state index contributed by atoms with van der Waals surface area (Å²) < 4.78 is 7.82. The molecule has 11 aromatic rings. The van der Waals surface area contributed by atoms with Crippen LogP contribution in [0.1, 0.15) is 0 Å². The highest BCUT2D eigenvalue weighted by Gasteiger charge is 2.20. The van der Waals surface area contributed by atoms with Crippen molar-refractivity contribution in [2.75, 3.05) is 0 Å². The Bertz CT molecular complexity index is 2990. The van der Waals surface area contributed by atoms with E-state index in [2.05, 4.69) is 152 Å². The van der Waals surface area contributed by atoms with Crippen LogP contribution in [-0.2, 0) is 0 Å². The lowest BCUT2D eigenvalue weighted by molar-refractivity contribution is 1.44. The number of para-hydroxylation sites is 1. The molecule has 49 heavy (non-hydrogen) atoms. The van der Waals surface area contributed by atoms with E-state index >= 15 is 0 Å². The van der Waals surface area contributed by atoms with Gasteiger partial charge in [-0.3, -0.25) is 0 Å². The van der Waals surface area contributed by atoms with Crippen LogP contribution in [0, 0.1) is 0 Å². The predicted octanol–water partition coefficient (Wildman–Crippen LogP) is 14.3. The maximum absolute atomic E-state index is 5.45. The Morgan fingerprint density at radius 1 is 0.347 bits per heavy atom. The second-order valence-corrected chi connectivity index (χ2v) is 15.8. The molecule has 0 aliphatic heterocycles. The fourth-order valence-corrected chi connectivity index (χ4v) is 11.4. The van der Waals surface area contributed by atoms with Crippen LogP contribution in [0.25, 0.3) is 105 Å². The van der Waals surface area contributed by atoms with Crippen LogP contribution in [0.3, 0.4) is 0 Å². The number of aromatic nitrogens is 1. The lowest BCUT2D eigenvalue weighted by Gasteiger charge is -2.14. The number of thiophene rings is 3. The van der Waals surface area contributed by atoms with Gasteiger partial charge in [-0.1, -0.05) is 109 Å². The summed E-state index contributed by atoms with van der Waals surface area (Å²) in [4.78, 5) is 5.45. The van der Waals surface area contributed by atoms with Gasteiger partial charge >= 0.3 is 0 Å². The van der Waals surface area contributed by atoms with Crippen molar-refractivity contribution >= 4 is 105 Å². The zero-order valence-corrected chi connectivity index (χ0v) is 28.6. The maximum Gasteiger partial charge on any atom is 0.0888 e. The molecule has 11 rings (SSSR count). The fourth-order valence-electron chi connectivity index (χ4n) is 7.65. The van der Waals surface area contributed by atoms with Gasteiger partial charge in [0, 0.05) is 66.8 Å². The van der Waals surface area contributed by atoms with Crippen LogP contribution in [0.15, 0.2) is 152 Å². The molecule has 0 fully saturated rings. The number of benzene rings is 7. The third kappa shape index (κ3) is 4.12. The van der Waals surface area contributed by atoms with Crippen molar-refractivity contribution in [3.63, 3.8) is 0 Å². The number of pyridine rings is 1. The lowest BCUT2D eigenvalue weighted by Crippen LogP contribution is -1.90. The van der Waals surface area contributed by atoms with Crippen molar-refractivity contribution in [2.24, 2.45) is 0 Å². The molecule has 4 heteroatoms. The van der Waals surface area contributed by atoms with E-state index in [-0.39, 0.29) is 0 Å². The first-order valence-electron chi connectivity index (χ1n) is 16.5. The van der Waals surface area contributed by atoms with E-state index in [1.165, 1.54) is 88.2 Å². The van der Waals surface area contributed by atoms with Gasteiger partial charge in [-0.15, -0.1) is 34.0 Å². The van der Waals surface area contributed by atoms with E-state index in [4.69, 9.17) is 4.98 Å². The monoisotopic (exact) mass is 675 g/mol. The molecular weight excluding hydrogens is 651 g/mol. The Morgan fingerprint density at radius 3 is 1.41 bits per heavy atom. The van der Waals surface area contributed by atoms with Gasteiger partial charge in [0.1, 0.15) is 0 Å². The molecule has 0 N–H and O–H groups in total. The summed E-state index contributed by atoms with van der Waals surface area (Å²) in [7, 11) is 0. The highest BCUT2D eigenvalue weighted by Crippen LogP contribution is 2.47. The zero-order valence-electron chi connectivity index (χ0n) is 26.1. The molecule has 0 spiro atoms. The summed E-state index contributed by atoms with van der Waals surface area (Å²) in [5, 5.41) is 9.06. The first-order chi connectivity index (χ1) is 24.3. The van der Waals surface area contributed by atoms with Crippen LogP contribution in [0.5, 0.6) is 0 Å². The summed E-state index contributed by atoms with van der Waals surface area (Å²) >= 11 is 5.63. The minimum atomic E-state index is 1.03. The molecule has 0 atom stereocenters. The molecule has 0 unspecified atom stereocenters. The molecule has 4 aromatic heterocycles. The van der Waals surface area contributed by atoms with Gasteiger partial charge < -0.3 is 0 Å². The van der Waals surface area contributed by atoms with Crippen LogP contribution in [0.4, 0.5) is 0 Å². The number of nitrogens with zero attached hydrogens (tertiary/aromatic N) is 1. The molecule has 228 valence electrons. The molecule has 0 saturated heterocycles. The largest absolute Gasteiger partial charge is 0.246 e. The molecule has 0 aliphatic carbocycles. The summed E-state index contributed by atoms with van der Waals surface area (Å²) in [6, 6.07) is 55.7. The molecule has 0 radical (unpaired) electrons. The molecule has 0 saturated carbocycles. The van der Waals surface area contributed by atoms with Crippen molar-refractivity contribution < 1.29 is 0 Å². The standard InChI is InChI=1S/C45H25NS3/c1-5-19-37-35(13-1)41-36-14-4-8-22-40(36)49-45(41)42(46-37)28-24-26(29-15-9-17-33-31-11-2-6-20-38(31)47-43(29)33)23-27(25-28)30-16-10-18-34-32-12-3-7-21-39(32)48-44(30)34/h1-25H. The van der Waals surface area contributed by atoms with Crippen LogP contribution in [0.2, 0.25) is 0 Å². The van der Waals surface area contributed by atoms with E-state index < -0.39 is 0 Å². The lowest BCUT2D eigenvalue weighted by atomic mass is 9.93. The van der Waals surface area contributed by atoms with Crippen molar-refractivity contribution in [1.29, 1.82) is 0 Å². The van der Waals surface area contributed by atoms with Crippen molar-refractivity contribution in [1.82, 2.24) is 4.98 Å². The fraction of sp³-hybridized carbons (Fsp3) is 0. The van der Waals surface area contributed by atoms with Gasteiger partial charge in [-0.05, 0) is 64.7 Å². The third-order valence-corrected chi connectivity index (χ3v) is 13.5. The van der Waals surface area contributed by atoms with Crippen molar-refractivity contribution in [3.05, 3.63) is 152 Å². The third-order valence-electron chi connectivity index (χ3n) is 9.85. The minimum Gasteiger partial charge on any atom is -0.246 e. The van der Waals surface area contributed by atoms with E-state index in [1.807, 2.05) is 34.0 Å². The van der Waals surface area contributed by atoms with E-state index in [0.29, 0.717) is 0 Å². The number of hydrogen-bond donors (Lipinski definition) is 0. The SMILES string of the molecule is c1ccc2c(c1)nc(-c1cc(-c3cccc4c3sc3ccccc34)cc(-c3cccc4c3sc3ccccc34)c1)c1sc3ccccc3c12. The maximum atomic E-state index is 5.45. The normalized spacial score (nSPS) is 12.1. The molecule has 4 heterocycles. The van der Waals surface area contributed by atoms with Gasteiger partial charge in [0.25, 0.3) is 0 Å². The number of rotatable bonds is 3. The molecular formula is C45H25NS3. The summed E-state index contributed by atoms with van der Waals surface area (Å²) in [6.45, 7) is 0. The topological polar surface area (TPSA) is 12.9 Å². The molecule has 7 aromatic carbocycles. The Morgan fingerprint density at radius 2 is 0.796 bits per heavy atom. The average Bonchev–Trinajstić information content (AvgIpc) is 3.86. The van der Waals surface area contributed by atoms with E-state index in [0.717, 1.165) is 16.8 Å². The second kappa shape index (κ2) is 10.6. The van der Waals surface area contributed by atoms with Gasteiger partial charge in [0.15, 0.2) is 0 Å². The Hall–Kier alpha value is -5.39. The number of hydrogen-bond acceptors (Lipinski definition) is 4. The van der Waals surface area contributed by atoms with Crippen LogP contribution >= 0.6 is 34.0 Å². The number of fused-ring (bicyclic) bond motifs is 11. The van der Waals surface area contributed by atoms with Crippen LogP contribution < -0.4 is 0 Å². The molecule has 0 amide bonds. The van der Waals surface area contributed by atoms with Crippen molar-refractivity contribution in [2.45, 2.75) is 0 Å². The van der Waals surface area contributed by atoms with E-state index in [1.54, 1.807) is 0 Å². The predicted molar refractivity (Wildman–Crippen MR) is 217 cm³/mol. The van der Waals surface area contributed by atoms with E-state index in [9.17, 15) is 0 Å². The van der Waals surface area contributed by atoms with Crippen LogP contribution in [-0.4, -0.2) is 4.98 Å². The smallest absolute Gasteiger partial charge is 0.0888 e. The highest BCUT2D eigenvalue weighted by atomic mass is 32.1. The average molecular weight is 676 g/mol.